The second-order valence-corrected chi connectivity index (χ2v) is 6.10. The maximum atomic E-state index is 13.6. The highest BCUT2D eigenvalue weighted by molar-refractivity contribution is 5.55. The molecular weight excluding hydrogens is 241 g/mol. The predicted octanol–water partition coefficient (Wildman–Crippen LogP) is 2.13. The highest BCUT2D eigenvalue weighted by atomic mass is 19.1. The lowest BCUT2D eigenvalue weighted by molar-refractivity contribution is 0.357. The monoisotopic (exact) mass is 259 g/mol. The molecule has 1 aromatic rings. The molecule has 0 aromatic heterocycles. The van der Waals surface area contributed by atoms with Gasteiger partial charge in [0, 0.05) is 30.9 Å². The van der Waals surface area contributed by atoms with Gasteiger partial charge in [0.15, 0.2) is 0 Å². The van der Waals surface area contributed by atoms with Gasteiger partial charge in [-0.15, -0.1) is 0 Å². The fourth-order valence-electron chi connectivity index (χ4n) is 3.65. The Morgan fingerprint density at radius 3 is 2.84 bits per heavy atom. The summed E-state index contributed by atoms with van der Waals surface area (Å²) in [4.78, 5) is 2.26. The number of fused-ring (bicyclic) bond motifs is 1. The van der Waals surface area contributed by atoms with Crippen molar-refractivity contribution in [3.8, 4) is 6.07 Å². The van der Waals surface area contributed by atoms with Gasteiger partial charge in [-0.05, 0) is 43.9 Å². The molecule has 2 heterocycles. The molecule has 3 rings (SSSR count). The first-order valence-electron chi connectivity index (χ1n) is 6.71. The number of nitrogens with one attached hydrogen (secondary N) is 1. The number of nitriles is 1. The summed E-state index contributed by atoms with van der Waals surface area (Å²) < 4.78 is 13.6. The predicted molar refractivity (Wildman–Crippen MR) is 72.4 cm³/mol. The van der Waals surface area contributed by atoms with Crippen molar-refractivity contribution in [1.29, 1.82) is 5.26 Å². The quantitative estimate of drug-likeness (QED) is 0.839. The second kappa shape index (κ2) is 4.21. The zero-order valence-corrected chi connectivity index (χ0v) is 11.3. The average Bonchev–Trinajstić information content (AvgIpc) is 2.91. The van der Waals surface area contributed by atoms with Crippen molar-refractivity contribution >= 4 is 5.69 Å². The van der Waals surface area contributed by atoms with Gasteiger partial charge in [-0.25, -0.2) is 4.39 Å². The summed E-state index contributed by atoms with van der Waals surface area (Å²) in [7, 11) is 0. The van der Waals surface area contributed by atoms with E-state index in [1.54, 1.807) is 6.07 Å². The van der Waals surface area contributed by atoms with E-state index in [1.807, 2.05) is 6.07 Å². The van der Waals surface area contributed by atoms with Crippen LogP contribution in [0.3, 0.4) is 0 Å². The molecule has 0 spiro atoms. The topological polar surface area (TPSA) is 39.1 Å². The number of benzene rings is 1. The first kappa shape index (κ1) is 12.4. The third kappa shape index (κ3) is 1.89. The van der Waals surface area contributed by atoms with Gasteiger partial charge >= 0.3 is 0 Å². The molecule has 2 saturated heterocycles. The SMILES string of the molecule is CC1(C)C2CNCC2CN1c1cc(F)cc(C#N)c1. The lowest BCUT2D eigenvalue weighted by Crippen LogP contribution is -2.44. The van der Waals surface area contributed by atoms with E-state index in [2.05, 4.69) is 24.1 Å². The molecule has 0 amide bonds. The molecule has 1 aromatic carbocycles. The fraction of sp³-hybridized carbons (Fsp3) is 0.533. The molecule has 0 bridgehead atoms. The minimum Gasteiger partial charge on any atom is -0.366 e. The van der Waals surface area contributed by atoms with Gasteiger partial charge in [0.2, 0.25) is 0 Å². The molecule has 2 unspecified atom stereocenters. The molecule has 1 N–H and O–H groups in total. The van der Waals surface area contributed by atoms with Crippen molar-refractivity contribution in [3.05, 3.63) is 29.6 Å². The fourth-order valence-corrected chi connectivity index (χ4v) is 3.65. The Kier molecular flexibility index (Phi) is 2.75. The van der Waals surface area contributed by atoms with Crippen LogP contribution in [0.2, 0.25) is 0 Å². The first-order valence-corrected chi connectivity index (χ1v) is 6.71. The minimum atomic E-state index is -0.333. The lowest BCUT2D eigenvalue weighted by Gasteiger charge is -2.37. The van der Waals surface area contributed by atoms with Gasteiger partial charge in [-0.1, -0.05) is 0 Å². The van der Waals surface area contributed by atoms with Gasteiger partial charge in [-0.3, -0.25) is 0 Å². The van der Waals surface area contributed by atoms with Crippen LogP contribution in [0.1, 0.15) is 19.4 Å². The van der Waals surface area contributed by atoms with Crippen molar-refractivity contribution in [3.63, 3.8) is 0 Å². The Morgan fingerprint density at radius 1 is 1.37 bits per heavy atom. The van der Waals surface area contributed by atoms with Crippen molar-refractivity contribution in [2.24, 2.45) is 11.8 Å². The molecule has 3 nitrogen and oxygen atoms in total. The number of hydrogen-bond acceptors (Lipinski definition) is 3. The van der Waals surface area contributed by atoms with E-state index < -0.39 is 0 Å². The standard InChI is InChI=1S/C15H18FN3/c1-15(2)14-8-18-7-11(14)9-19(15)13-4-10(6-17)3-12(16)5-13/h3-5,11,14,18H,7-9H2,1-2H3. The third-order valence-corrected chi connectivity index (χ3v) is 4.68. The maximum absolute atomic E-state index is 13.6. The summed E-state index contributed by atoms with van der Waals surface area (Å²) in [6.45, 7) is 7.40. The molecule has 0 saturated carbocycles. The molecule has 19 heavy (non-hydrogen) atoms. The largest absolute Gasteiger partial charge is 0.366 e. The molecule has 0 aliphatic carbocycles. The summed E-state index contributed by atoms with van der Waals surface area (Å²) in [6, 6.07) is 6.65. The summed E-state index contributed by atoms with van der Waals surface area (Å²) >= 11 is 0. The van der Waals surface area contributed by atoms with Gasteiger partial charge < -0.3 is 10.2 Å². The summed E-state index contributed by atoms with van der Waals surface area (Å²) in [5, 5.41) is 12.4. The normalized spacial score (nSPS) is 28.2. The molecule has 2 fully saturated rings. The summed E-state index contributed by atoms with van der Waals surface area (Å²) in [5.41, 5.74) is 1.21. The third-order valence-electron chi connectivity index (χ3n) is 4.68. The van der Waals surface area contributed by atoms with Crippen LogP contribution in [0.5, 0.6) is 0 Å². The number of rotatable bonds is 1. The van der Waals surface area contributed by atoms with Crippen LogP contribution in [-0.2, 0) is 0 Å². The average molecular weight is 259 g/mol. The Labute approximate surface area is 113 Å². The van der Waals surface area contributed by atoms with Crippen LogP contribution < -0.4 is 10.2 Å². The van der Waals surface area contributed by atoms with Crippen molar-refractivity contribution in [2.75, 3.05) is 24.5 Å². The highest BCUT2D eigenvalue weighted by Gasteiger charge is 2.49. The number of anilines is 1. The summed E-state index contributed by atoms with van der Waals surface area (Å²) in [5.74, 6) is 0.866. The van der Waals surface area contributed by atoms with E-state index in [1.165, 1.54) is 12.1 Å². The van der Waals surface area contributed by atoms with Crippen LogP contribution >= 0.6 is 0 Å². The number of nitrogens with zero attached hydrogens (tertiary/aromatic N) is 2. The zero-order chi connectivity index (χ0) is 13.6. The van der Waals surface area contributed by atoms with E-state index >= 15 is 0 Å². The van der Waals surface area contributed by atoms with Crippen molar-refractivity contribution in [1.82, 2.24) is 5.32 Å². The molecular formula is C15H18FN3. The molecule has 0 radical (unpaired) electrons. The van der Waals surface area contributed by atoms with E-state index in [0.29, 0.717) is 17.4 Å². The van der Waals surface area contributed by atoms with E-state index in [0.717, 1.165) is 25.3 Å². The molecule has 2 aliphatic rings. The molecule has 2 aliphatic heterocycles. The van der Waals surface area contributed by atoms with Crippen LogP contribution in [0.25, 0.3) is 0 Å². The zero-order valence-electron chi connectivity index (χ0n) is 11.3. The number of hydrogen-bond donors (Lipinski definition) is 1. The molecule has 100 valence electrons. The van der Waals surface area contributed by atoms with Gasteiger partial charge in [0.1, 0.15) is 5.82 Å². The summed E-state index contributed by atoms with van der Waals surface area (Å²) in [6.07, 6.45) is 0. The van der Waals surface area contributed by atoms with Crippen LogP contribution in [0.4, 0.5) is 10.1 Å². The molecule has 2 atom stereocenters. The lowest BCUT2D eigenvalue weighted by atomic mass is 9.84. The Bertz CT molecular complexity index is 547. The van der Waals surface area contributed by atoms with Crippen molar-refractivity contribution in [2.45, 2.75) is 19.4 Å². The minimum absolute atomic E-state index is 0.00527. The van der Waals surface area contributed by atoms with Gasteiger partial charge in [-0.2, -0.15) is 5.26 Å². The van der Waals surface area contributed by atoms with Gasteiger partial charge in [0.25, 0.3) is 0 Å². The molecule has 4 heteroatoms. The van der Waals surface area contributed by atoms with E-state index in [-0.39, 0.29) is 11.4 Å². The van der Waals surface area contributed by atoms with Gasteiger partial charge in [0.05, 0.1) is 11.6 Å². The Morgan fingerprint density at radius 2 is 2.16 bits per heavy atom. The van der Waals surface area contributed by atoms with Crippen LogP contribution in [0, 0.1) is 29.0 Å². The van der Waals surface area contributed by atoms with Crippen LogP contribution in [0.15, 0.2) is 18.2 Å². The Hall–Kier alpha value is -1.60. The Balaban J connectivity index is 1.99. The first-order chi connectivity index (χ1) is 9.02. The second-order valence-electron chi connectivity index (χ2n) is 6.10. The highest BCUT2D eigenvalue weighted by Crippen LogP contribution is 2.43. The van der Waals surface area contributed by atoms with Crippen molar-refractivity contribution < 1.29 is 4.39 Å². The van der Waals surface area contributed by atoms with E-state index in [4.69, 9.17) is 5.26 Å². The number of halogens is 1. The van der Waals surface area contributed by atoms with Crippen LogP contribution in [-0.4, -0.2) is 25.2 Å². The van der Waals surface area contributed by atoms with E-state index in [9.17, 15) is 4.39 Å². The smallest absolute Gasteiger partial charge is 0.126 e. The maximum Gasteiger partial charge on any atom is 0.126 e.